The van der Waals surface area contributed by atoms with Crippen molar-refractivity contribution < 1.29 is 28.9 Å². The number of carbonyl (C=O) groups is 2. The summed E-state index contributed by atoms with van der Waals surface area (Å²) in [7, 11) is 0. The number of carbonyl (C=O) groups excluding carboxylic acids is 2. The van der Waals surface area contributed by atoms with Crippen molar-refractivity contribution in [1.82, 2.24) is 4.90 Å². The molecule has 7 nitrogen and oxygen atoms in total. The number of rotatable bonds is 11. The predicted octanol–water partition coefficient (Wildman–Crippen LogP) is 1.24. The predicted molar refractivity (Wildman–Crippen MR) is 88.0 cm³/mol. The van der Waals surface area contributed by atoms with E-state index in [1.165, 1.54) is 4.90 Å². The molecule has 0 fully saturated rings. The minimum absolute atomic E-state index is 0.0859. The van der Waals surface area contributed by atoms with Crippen LogP contribution in [0.4, 0.5) is 0 Å². The van der Waals surface area contributed by atoms with E-state index in [2.05, 4.69) is 0 Å². The molecule has 1 N–H and O–H groups in total. The summed E-state index contributed by atoms with van der Waals surface area (Å²) in [6, 6.07) is 6.95. The zero-order valence-corrected chi connectivity index (χ0v) is 14.2. The number of aliphatic hydroxyl groups is 1. The first-order valence-electron chi connectivity index (χ1n) is 8.00. The number of nitrogens with zero attached hydrogens (tertiary/aromatic N) is 1. The van der Waals surface area contributed by atoms with Crippen LogP contribution < -0.4 is 9.47 Å². The maximum atomic E-state index is 12.2. The Morgan fingerprint density at radius 2 is 1.62 bits per heavy atom. The topological polar surface area (TPSA) is 85.3 Å². The van der Waals surface area contributed by atoms with Gasteiger partial charge in [0.2, 0.25) is 0 Å². The van der Waals surface area contributed by atoms with Crippen molar-refractivity contribution >= 4 is 11.9 Å². The van der Waals surface area contributed by atoms with E-state index < -0.39 is 0 Å². The maximum absolute atomic E-state index is 12.2. The van der Waals surface area contributed by atoms with Gasteiger partial charge in [-0.05, 0) is 38.1 Å². The van der Waals surface area contributed by atoms with Crippen molar-refractivity contribution in [1.29, 1.82) is 0 Å². The number of benzene rings is 1. The molecule has 134 valence electrons. The lowest BCUT2D eigenvalue weighted by Gasteiger charge is -2.21. The van der Waals surface area contributed by atoms with Crippen LogP contribution in [0, 0.1) is 0 Å². The summed E-state index contributed by atoms with van der Waals surface area (Å²) < 4.78 is 15.6. The Kier molecular flexibility index (Phi) is 9.29. The molecule has 1 aromatic rings. The second kappa shape index (κ2) is 11.3. The minimum atomic E-state index is -0.374. The second-order valence-corrected chi connectivity index (χ2v) is 4.85. The Morgan fingerprint density at radius 3 is 2.17 bits per heavy atom. The lowest BCUT2D eigenvalue weighted by atomic mass is 10.3. The molecule has 0 saturated heterocycles. The van der Waals surface area contributed by atoms with Crippen LogP contribution in [0.15, 0.2) is 24.3 Å². The summed E-state index contributed by atoms with van der Waals surface area (Å²) in [6.45, 7) is 4.47. The fourth-order valence-electron chi connectivity index (χ4n) is 1.98. The minimum Gasteiger partial charge on any atom is -0.494 e. The molecule has 0 unspecified atom stereocenters. The maximum Gasteiger partial charge on any atom is 0.307 e. The van der Waals surface area contributed by atoms with Crippen LogP contribution in [0.3, 0.4) is 0 Å². The highest BCUT2D eigenvalue weighted by Gasteiger charge is 2.15. The lowest BCUT2D eigenvalue weighted by Crippen LogP contribution is -2.38. The van der Waals surface area contributed by atoms with E-state index >= 15 is 0 Å². The molecule has 0 aliphatic heterocycles. The van der Waals surface area contributed by atoms with Crippen molar-refractivity contribution in [2.24, 2.45) is 0 Å². The summed E-state index contributed by atoms with van der Waals surface area (Å²) in [4.78, 5) is 24.9. The molecule has 0 atom stereocenters. The highest BCUT2D eigenvalue weighted by molar-refractivity contribution is 5.78. The van der Waals surface area contributed by atoms with Gasteiger partial charge >= 0.3 is 5.97 Å². The molecular formula is C17H25NO6. The lowest BCUT2D eigenvalue weighted by molar-refractivity contribution is -0.144. The Hall–Kier alpha value is -2.28. The van der Waals surface area contributed by atoms with E-state index in [0.29, 0.717) is 19.0 Å². The number of hydrogen-bond acceptors (Lipinski definition) is 6. The van der Waals surface area contributed by atoms with Crippen LogP contribution in [0.5, 0.6) is 11.5 Å². The monoisotopic (exact) mass is 339 g/mol. The number of hydrogen-bond donors (Lipinski definition) is 1. The van der Waals surface area contributed by atoms with Gasteiger partial charge in [-0.2, -0.15) is 0 Å². The number of amides is 1. The third kappa shape index (κ3) is 7.32. The van der Waals surface area contributed by atoms with Crippen molar-refractivity contribution in [2.45, 2.75) is 20.3 Å². The fraction of sp³-hybridized carbons (Fsp3) is 0.529. The molecular weight excluding hydrogens is 314 g/mol. The Balaban J connectivity index is 2.47. The molecule has 7 heteroatoms. The summed E-state index contributed by atoms with van der Waals surface area (Å²) in [5.41, 5.74) is 0. The Bertz CT molecular complexity index is 502. The normalized spacial score (nSPS) is 10.1. The van der Waals surface area contributed by atoms with Gasteiger partial charge in [0.1, 0.15) is 11.5 Å². The molecule has 0 spiro atoms. The summed E-state index contributed by atoms with van der Waals surface area (Å²) in [6.07, 6.45) is 0.0859. The highest BCUT2D eigenvalue weighted by atomic mass is 16.5. The van der Waals surface area contributed by atoms with Gasteiger partial charge in [0.25, 0.3) is 5.91 Å². The zero-order valence-electron chi connectivity index (χ0n) is 14.2. The Labute approximate surface area is 142 Å². The average Bonchev–Trinajstić information content (AvgIpc) is 2.58. The van der Waals surface area contributed by atoms with Gasteiger partial charge in [0, 0.05) is 13.1 Å². The molecule has 1 aromatic carbocycles. The molecule has 0 bridgehead atoms. The van der Waals surface area contributed by atoms with Crippen LogP contribution in [-0.2, 0) is 14.3 Å². The van der Waals surface area contributed by atoms with E-state index in [4.69, 9.17) is 19.3 Å². The van der Waals surface area contributed by atoms with Gasteiger partial charge in [-0.3, -0.25) is 9.59 Å². The third-order valence-corrected chi connectivity index (χ3v) is 3.11. The van der Waals surface area contributed by atoms with E-state index in [-0.39, 0.29) is 44.6 Å². The van der Waals surface area contributed by atoms with Gasteiger partial charge in [0.15, 0.2) is 6.61 Å². The summed E-state index contributed by atoms with van der Waals surface area (Å²) in [5, 5.41) is 9.06. The summed E-state index contributed by atoms with van der Waals surface area (Å²) >= 11 is 0. The quantitative estimate of drug-likeness (QED) is 0.611. The molecule has 0 aliphatic carbocycles. The van der Waals surface area contributed by atoms with Gasteiger partial charge < -0.3 is 24.2 Å². The molecule has 0 aromatic heterocycles. The first-order chi connectivity index (χ1) is 11.6. The van der Waals surface area contributed by atoms with Crippen molar-refractivity contribution in [3.63, 3.8) is 0 Å². The molecule has 1 amide bonds. The van der Waals surface area contributed by atoms with Gasteiger partial charge in [-0.25, -0.2) is 0 Å². The molecule has 0 heterocycles. The number of aliphatic hydroxyl groups excluding tert-OH is 1. The molecule has 1 rings (SSSR count). The average molecular weight is 339 g/mol. The van der Waals surface area contributed by atoms with Gasteiger partial charge in [0.05, 0.1) is 26.2 Å². The summed E-state index contributed by atoms with van der Waals surface area (Å²) in [5.74, 6) is 0.594. The number of esters is 1. The van der Waals surface area contributed by atoms with E-state index in [1.54, 1.807) is 31.2 Å². The molecule has 24 heavy (non-hydrogen) atoms. The fourth-order valence-corrected chi connectivity index (χ4v) is 1.98. The SMILES string of the molecule is CCOC(=O)CCN(CCO)C(=O)COc1ccc(OCC)cc1. The zero-order chi connectivity index (χ0) is 17.8. The molecule has 0 saturated carbocycles. The highest BCUT2D eigenvalue weighted by Crippen LogP contribution is 2.17. The van der Waals surface area contributed by atoms with E-state index in [1.807, 2.05) is 6.92 Å². The largest absolute Gasteiger partial charge is 0.494 e. The van der Waals surface area contributed by atoms with E-state index in [0.717, 1.165) is 5.75 Å². The third-order valence-electron chi connectivity index (χ3n) is 3.11. The van der Waals surface area contributed by atoms with Crippen molar-refractivity contribution in [3.05, 3.63) is 24.3 Å². The smallest absolute Gasteiger partial charge is 0.307 e. The van der Waals surface area contributed by atoms with Crippen LogP contribution >= 0.6 is 0 Å². The standard InChI is InChI=1S/C17H25NO6/c1-3-22-14-5-7-15(8-6-14)24-13-16(20)18(11-12-19)10-9-17(21)23-4-2/h5-8,19H,3-4,9-13H2,1-2H3. The van der Waals surface area contributed by atoms with Crippen molar-refractivity contribution in [2.75, 3.05) is 39.5 Å². The molecule has 0 aliphatic rings. The van der Waals surface area contributed by atoms with Gasteiger partial charge in [-0.15, -0.1) is 0 Å². The van der Waals surface area contributed by atoms with Crippen LogP contribution in [-0.4, -0.2) is 61.4 Å². The Morgan fingerprint density at radius 1 is 1.00 bits per heavy atom. The van der Waals surface area contributed by atoms with Crippen LogP contribution in [0.1, 0.15) is 20.3 Å². The van der Waals surface area contributed by atoms with Crippen LogP contribution in [0.25, 0.3) is 0 Å². The van der Waals surface area contributed by atoms with Gasteiger partial charge in [-0.1, -0.05) is 0 Å². The first-order valence-corrected chi connectivity index (χ1v) is 8.00. The van der Waals surface area contributed by atoms with Crippen molar-refractivity contribution in [3.8, 4) is 11.5 Å². The van der Waals surface area contributed by atoms with E-state index in [9.17, 15) is 9.59 Å². The first kappa shape index (κ1) is 19.8. The van der Waals surface area contributed by atoms with Crippen LogP contribution in [0.2, 0.25) is 0 Å². The second-order valence-electron chi connectivity index (χ2n) is 4.85. The molecule has 0 radical (unpaired) electrons. The number of ether oxygens (including phenoxy) is 3.